The molecule has 2 heterocycles. The monoisotopic (exact) mass is 1820 g/mol. The number of Topliss-reactive ketones (excluding diaryl/α,β-unsaturated/α-hetero) is 2. The second-order valence-corrected chi connectivity index (χ2v) is 32.2. The van der Waals surface area contributed by atoms with Crippen molar-refractivity contribution in [3.8, 4) is 0 Å². The molecular formula is C117H78IrN8O2+. The molecule has 11 heteroatoms. The van der Waals surface area contributed by atoms with Gasteiger partial charge in [-0.25, -0.2) is 0 Å². The minimum atomic E-state index is -0.0625. The third-order valence-electron chi connectivity index (χ3n) is 24.4. The average molecular weight is 1820 g/mol. The van der Waals surface area contributed by atoms with Crippen molar-refractivity contribution in [2.75, 3.05) is 19.6 Å². The van der Waals surface area contributed by atoms with Gasteiger partial charge in [0, 0.05) is 103 Å². The molecule has 0 fully saturated rings. The fraction of sp³-hybridized carbons (Fsp3) is 0.0256. The van der Waals surface area contributed by atoms with Crippen LogP contribution in [0.15, 0.2) is 425 Å². The minimum absolute atomic E-state index is 0. The van der Waals surface area contributed by atoms with Gasteiger partial charge in [-0.1, -0.05) is 290 Å². The third kappa shape index (κ3) is 14.3. The van der Waals surface area contributed by atoms with Gasteiger partial charge in [0.15, 0.2) is 0 Å². The van der Waals surface area contributed by atoms with Gasteiger partial charge in [-0.15, -0.1) is 47.2 Å². The molecule has 128 heavy (non-hydrogen) atoms. The van der Waals surface area contributed by atoms with E-state index in [1.165, 1.54) is 100 Å². The van der Waals surface area contributed by atoms with Gasteiger partial charge in [0.2, 0.25) is 0 Å². The van der Waals surface area contributed by atoms with Crippen molar-refractivity contribution in [1.82, 2.24) is 19.9 Å². The zero-order valence-electron chi connectivity index (χ0n) is 69.8. The molecule has 24 rings (SSSR count). The molecule has 0 N–H and O–H groups in total. The molecule has 606 valence electrons. The average Bonchev–Trinajstić information content (AvgIpc) is 0.726. The number of carbonyl (C=O) groups excluding carboxylic acids is 2. The van der Waals surface area contributed by atoms with Crippen LogP contribution >= 0.6 is 0 Å². The van der Waals surface area contributed by atoms with Gasteiger partial charge in [-0.05, 0) is 208 Å². The first-order chi connectivity index (χ1) is 62.7. The van der Waals surface area contributed by atoms with E-state index in [1.807, 2.05) is 0 Å². The van der Waals surface area contributed by atoms with Crippen molar-refractivity contribution < 1.29 is 29.7 Å². The van der Waals surface area contributed by atoms with Gasteiger partial charge >= 0.3 is 20.1 Å². The first-order valence-electron chi connectivity index (χ1n) is 42.7. The fourth-order valence-corrected chi connectivity index (χ4v) is 18.9. The molecule has 0 bridgehead atoms. The van der Waals surface area contributed by atoms with Crippen molar-refractivity contribution in [3.63, 3.8) is 0 Å². The Morgan fingerprint density at radius 3 is 0.727 bits per heavy atom. The Morgan fingerprint density at radius 2 is 0.453 bits per heavy atom. The summed E-state index contributed by atoms with van der Waals surface area (Å²) in [7, 11) is 0. The first kappa shape index (κ1) is 79.0. The van der Waals surface area contributed by atoms with Gasteiger partial charge in [0.05, 0.1) is 28.8 Å². The van der Waals surface area contributed by atoms with E-state index in [9.17, 15) is 9.59 Å². The molecule has 0 aliphatic carbocycles. The molecule has 24 aromatic rings. The zero-order chi connectivity index (χ0) is 85.0. The SMILES string of the molecule is CC(=O)CC(C)=O.[Ir+3].[c-]1cc(N(c2ccccc2)c2cc3ccccc3c3ccccc23)cc2c1c1nccnc1c1ccc(N(c3ccccc3)c3cc4ccccc4c4ccccc34)cc21.[c-]1cc(N(c2ccccc2)c2cc3ccccc3c3ccccc23)cc2c1c1nccnc1c1ccc(N(c3ccccc3)c3cc4ccccc4c4ccccc34)cc21. The molecule has 0 aliphatic rings. The Bertz CT molecular complexity index is 7520. The van der Waals surface area contributed by atoms with E-state index in [2.05, 4.69) is 432 Å². The van der Waals surface area contributed by atoms with Crippen LogP contribution in [0.25, 0.3) is 151 Å². The molecule has 0 aliphatic heterocycles. The smallest absolute Gasteiger partial charge is 0.351 e. The first-order valence-corrected chi connectivity index (χ1v) is 42.7. The predicted octanol–water partition coefficient (Wildman–Crippen LogP) is 31.1. The maximum atomic E-state index is 10.0. The molecule has 2 aromatic heterocycles. The summed E-state index contributed by atoms with van der Waals surface area (Å²) < 4.78 is 0. The number of anilines is 12. The Kier molecular flexibility index (Phi) is 20.9. The van der Waals surface area contributed by atoms with Crippen LogP contribution in [0.4, 0.5) is 68.2 Å². The second-order valence-electron chi connectivity index (χ2n) is 32.2. The second kappa shape index (κ2) is 33.8. The number of aromatic nitrogens is 4. The van der Waals surface area contributed by atoms with Gasteiger partial charge in [-0.2, -0.15) is 0 Å². The van der Waals surface area contributed by atoms with Crippen molar-refractivity contribution in [1.29, 1.82) is 0 Å². The van der Waals surface area contributed by atoms with E-state index in [-0.39, 0.29) is 38.1 Å². The molecule has 0 unspecified atom stereocenters. The standard InChI is InChI=1S/2C56H35N4.C5H8O2.Ir/c2*1-3-17-39(18-4-1)59(53-33-37-15-7-9-21-43(37)45-23-11-13-25-47(45)53)41-27-29-49-51(35-41)52-36-42(28-30-50(52)56-55(49)57-31-32-58-56)60(40-19-5-2-6-20-40)54-34-38-16-8-10-22-44(38)46-24-12-14-26-48(46)54;1-4(6)3-5(2)7;/h2*1-29,31-36H;3H2,1-2H3;/q2*-1;;+3. The molecule has 0 saturated heterocycles. The van der Waals surface area contributed by atoms with E-state index in [0.717, 1.165) is 133 Å². The van der Waals surface area contributed by atoms with Crippen LogP contribution in [0.3, 0.4) is 0 Å². The van der Waals surface area contributed by atoms with E-state index in [0.29, 0.717) is 0 Å². The topological polar surface area (TPSA) is 98.7 Å². The van der Waals surface area contributed by atoms with Crippen molar-refractivity contribution in [3.05, 3.63) is 437 Å². The number of carbonyl (C=O) groups is 2. The normalized spacial score (nSPS) is 11.4. The summed E-state index contributed by atoms with van der Waals surface area (Å²) in [4.78, 5) is 49.3. The summed E-state index contributed by atoms with van der Waals surface area (Å²) in [5, 5.41) is 27.6. The summed E-state index contributed by atoms with van der Waals surface area (Å²) in [6, 6.07) is 152. The molecule has 22 aromatic carbocycles. The van der Waals surface area contributed by atoms with Gasteiger partial charge in [0.25, 0.3) is 0 Å². The third-order valence-corrected chi connectivity index (χ3v) is 24.4. The van der Waals surface area contributed by atoms with Crippen molar-refractivity contribution in [2.45, 2.75) is 20.3 Å². The van der Waals surface area contributed by atoms with Crippen LogP contribution in [0.1, 0.15) is 20.3 Å². The molecular weight excluding hydrogens is 1740 g/mol. The molecule has 0 atom stereocenters. The zero-order valence-corrected chi connectivity index (χ0v) is 72.2. The number of fused-ring (bicyclic) bond motifs is 24. The van der Waals surface area contributed by atoms with Crippen LogP contribution < -0.4 is 19.6 Å². The molecule has 0 spiro atoms. The summed E-state index contributed by atoms with van der Waals surface area (Å²) >= 11 is 0. The van der Waals surface area contributed by atoms with E-state index >= 15 is 0 Å². The van der Waals surface area contributed by atoms with Gasteiger partial charge < -0.3 is 29.6 Å². The molecule has 0 amide bonds. The Hall–Kier alpha value is -16.2. The molecule has 0 radical (unpaired) electrons. The van der Waals surface area contributed by atoms with Crippen LogP contribution in [-0.4, -0.2) is 31.5 Å². The van der Waals surface area contributed by atoms with Gasteiger partial charge in [0.1, 0.15) is 11.6 Å². The summed E-state index contributed by atoms with van der Waals surface area (Å²) in [6.45, 7) is 2.81. The maximum Gasteiger partial charge on any atom is 3.00 e. The number of hydrogen-bond acceptors (Lipinski definition) is 10. The summed E-state index contributed by atoms with van der Waals surface area (Å²) in [5.41, 5.74) is 16.2. The predicted molar refractivity (Wildman–Crippen MR) is 532 cm³/mol. The Morgan fingerprint density at radius 1 is 0.219 bits per heavy atom. The Balaban J connectivity index is 0.000000144. The maximum absolute atomic E-state index is 10.0. The number of rotatable bonds is 14. The summed E-state index contributed by atoms with van der Waals surface area (Å²) in [5.74, 6) is -0.125. The number of nitrogens with zero attached hydrogens (tertiary/aromatic N) is 8. The van der Waals surface area contributed by atoms with Crippen molar-refractivity contribution >= 4 is 231 Å². The van der Waals surface area contributed by atoms with E-state index in [4.69, 9.17) is 19.9 Å². The van der Waals surface area contributed by atoms with E-state index in [1.54, 1.807) is 24.8 Å². The van der Waals surface area contributed by atoms with Crippen molar-refractivity contribution in [2.24, 2.45) is 0 Å². The quantitative estimate of drug-likeness (QED) is 0.0595. The summed E-state index contributed by atoms with van der Waals surface area (Å²) in [6.07, 6.45) is 7.22. The molecule has 0 saturated carbocycles. The van der Waals surface area contributed by atoms with Crippen LogP contribution in [0, 0.1) is 12.1 Å². The minimum Gasteiger partial charge on any atom is -0.351 e. The largest absolute Gasteiger partial charge is 3.00 e. The number of benzene rings is 22. The number of ketones is 2. The van der Waals surface area contributed by atoms with E-state index < -0.39 is 0 Å². The van der Waals surface area contributed by atoms with Gasteiger partial charge in [-0.3, -0.25) is 19.6 Å². The van der Waals surface area contributed by atoms with Crippen LogP contribution in [-0.2, 0) is 29.7 Å². The van der Waals surface area contributed by atoms with Crippen LogP contribution in [0.2, 0.25) is 0 Å². The number of para-hydroxylation sites is 4. The van der Waals surface area contributed by atoms with Crippen LogP contribution in [0.5, 0.6) is 0 Å². The molecule has 10 nitrogen and oxygen atoms in total. The fourth-order valence-electron chi connectivity index (χ4n) is 18.9. The number of hydrogen-bond donors (Lipinski definition) is 0. The Labute approximate surface area is 752 Å².